The number of ether oxygens (including phenoxy) is 1. The van der Waals surface area contributed by atoms with Crippen molar-refractivity contribution in [2.45, 2.75) is 32.8 Å². The first kappa shape index (κ1) is 19.4. The van der Waals surface area contributed by atoms with Gasteiger partial charge in [-0.05, 0) is 32.0 Å². The Bertz CT molecular complexity index is 819. The number of benzene rings is 1. The van der Waals surface area contributed by atoms with Crippen LogP contribution in [-0.2, 0) is 12.8 Å². The van der Waals surface area contributed by atoms with E-state index in [-0.39, 0.29) is 17.9 Å². The van der Waals surface area contributed by atoms with Gasteiger partial charge in [0.05, 0.1) is 11.8 Å². The number of thiazole rings is 1. The zero-order valence-electron chi connectivity index (χ0n) is 16.2. The molecule has 27 heavy (non-hydrogen) atoms. The molecule has 6 nitrogen and oxygen atoms in total. The minimum absolute atomic E-state index is 0.00366. The van der Waals surface area contributed by atoms with E-state index in [0.29, 0.717) is 35.8 Å². The van der Waals surface area contributed by atoms with Crippen molar-refractivity contribution in [1.82, 2.24) is 14.8 Å². The second-order valence-corrected chi connectivity index (χ2v) is 8.16. The largest absolute Gasteiger partial charge is 0.491 e. The number of fused-ring (bicyclic) bond motifs is 1. The second-order valence-electron chi connectivity index (χ2n) is 7.08. The normalized spacial score (nSPS) is 13.9. The summed E-state index contributed by atoms with van der Waals surface area (Å²) in [5, 5.41) is 0.531. The predicted molar refractivity (Wildman–Crippen MR) is 106 cm³/mol. The van der Waals surface area contributed by atoms with Gasteiger partial charge in [0, 0.05) is 50.5 Å². The van der Waals surface area contributed by atoms with E-state index in [1.165, 1.54) is 11.3 Å². The van der Waals surface area contributed by atoms with Gasteiger partial charge in [0.15, 0.2) is 5.01 Å². The van der Waals surface area contributed by atoms with Gasteiger partial charge in [-0.2, -0.15) is 0 Å². The molecule has 0 spiro atoms. The van der Waals surface area contributed by atoms with Crippen molar-refractivity contribution in [3.05, 3.63) is 45.4 Å². The fourth-order valence-corrected chi connectivity index (χ4v) is 4.12. The molecule has 2 aromatic rings. The first-order chi connectivity index (χ1) is 12.8. The maximum absolute atomic E-state index is 12.9. The van der Waals surface area contributed by atoms with Crippen LogP contribution in [0.5, 0.6) is 5.75 Å². The number of rotatable bonds is 4. The van der Waals surface area contributed by atoms with Gasteiger partial charge in [0.25, 0.3) is 11.8 Å². The van der Waals surface area contributed by atoms with E-state index in [9.17, 15) is 9.59 Å². The summed E-state index contributed by atoms with van der Waals surface area (Å²) < 4.78 is 5.70. The van der Waals surface area contributed by atoms with Crippen LogP contribution in [0.2, 0.25) is 0 Å². The van der Waals surface area contributed by atoms with Crippen LogP contribution in [0.15, 0.2) is 24.3 Å². The van der Waals surface area contributed by atoms with E-state index < -0.39 is 0 Å². The molecule has 0 fully saturated rings. The molecule has 2 heterocycles. The average Bonchev–Trinajstić information content (AvgIpc) is 2.93. The van der Waals surface area contributed by atoms with Crippen LogP contribution in [0.1, 0.15) is 44.6 Å². The molecule has 2 amide bonds. The minimum Gasteiger partial charge on any atom is -0.491 e. The van der Waals surface area contributed by atoms with Crippen LogP contribution in [0.4, 0.5) is 0 Å². The molecule has 0 saturated heterocycles. The van der Waals surface area contributed by atoms with Crippen LogP contribution in [0.3, 0.4) is 0 Å². The Morgan fingerprint density at radius 3 is 2.67 bits per heavy atom. The highest BCUT2D eigenvalue weighted by Crippen LogP contribution is 2.25. The zero-order valence-corrected chi connectivity index (χ0v) is 17.0. The van der Waals surface area contributed by atoms with Crippen molar-refractivity contribution < 1.29 is 14.3 Å². The third-order valence-corrected chi connectivity index (χ3v) is 5.48. The molecular formula is C20H25N3O3S. The number of aromatic nitrogens is 1. The molecule has 0 radical (unpaired) electrons. The minimum atomic E-state index is -0.0667. The van der Waals surface area contributed by atoms with Crippen molar-refractivity contribution in [1.29, 1.82) is 0 Å². The van der Waals surface area contributed by atoms with E-state index in [4.69, 9.17) is 4.74 Å². The Labute approximate surface area is 163 Å². The van der Waals surface area contributed by atoms with Crippen molar-refractivity contribution in [2.24, 2.45) is 0 Å². The quantitative estimate of drug-likeness (QED) is 0.809. The fourth-order valence-electron chi connectivity index (χ4n) is 3.01. The third-order valence-electron chi connectivity index (χ3n) is 4.33. The molecule has 0 saturated carbocycles. The molecule has 1 aliphatic heterocycles. The van der Waals surface area contributed by atoms with Crippen LogP contribution >= 0.6 is 11.3 Å². The summed E-state index contributed by atoms with van der Waals surface area (Å²) in [6.07, 6.45) is 1.46. The van der Waals surface area contributed by atoms with Crippen molar-refractivity contribution in [3.8, 4) is 5.75 Å². The van der Waals surface area contributed by atoms with Gasteiger partial charge in [0.2, 0.25) is 0 Å². The van der Waals surface area contributed by atoms with E-state index in [0.717, 1.165) is 17.0 Å². The molecule has 0 aliphatic carbocycles. The molecule has 0 bridgehead atoms. The Hall–Kier alpha value is -2.41. The van der Waals surface area contributed by atoms with Gasteiger partial charge >= 0.3 is 0 Å². The number of carbonyl (C=O) groups excluding carboxylic acids is 2. The Morgan fingerprint density at radius 2 is 1.96 bits per heavy atom. The number of nitrogens with zero attached hydrogens (tertiary/aromatic N) is 3. The molecule has 1 aromatic carbocycles. The molecule has 1 aromatic heterocycles. The standard InChI is InChI=1S/C20H25N3O3S/c1-13(2)26-15-7-5-6-14(12-15)19(24)23-10-8-16-17(9-11-23)27-18(21-16)20(25)22(3)4/h5-7,12-13H,8-11H2,1-4H3. The van der Waals surface area contributed by atoms with E-state index in [2.05, 4.69) is 4.98 Å². The fraction of sp³-hybridized carbons (Fsp3) is 0.450. The van der Waals surface area contributed by atoms with Crippen molar-refractivity contribution in [2.75, 3.05) is 27.2 Å². The number of hydrogen-bond donors (Lipinski definition) is 0. The van der Waals surface area contributed by atoms with Crippen LogP contribution in [-0.4, -0.2) is 59.9 Å². The molecular weight excluding hydrogens is 362 g/mol. The van der Waals surface area contributed by atoms with Crippen LogP contribution in [0, 0.1) is 0 Å². The highest BCUT2D eigenvalue weighted by atomic mass is 32.1. The molecule has 144 valence electrons. The Morgan fingerprint density at radius 1 is 1.22 bits per heavy atom. The van der Waals surface area contributed by atoms with E-state index >= 15 is 0 Å². The number of hydrogen-bond acceptors (Lipinski definition) is 5. The summed E-state index contributed by atoms with van der Waals surface area (Å²) in [5.74, 6) is 0.644. The summed E-state index contributed by atoms with van der Waals surface area (Å²) in [6.45, 7) is 5.15. The summed E-state index contributed by atoms with van der Waals surface area (Å²) in [4.78, 5) is 34.0. The molecule has 0 unspecified atom stereocenters. The van der Waals surface area contributed by atoms with Crippen LogP contribution in [0.25, 0.3) is 0 Å². The van der Waals surface area contributed by atoms with Crippen molar-refractivity contribution in [3.63, 3.8) is 0 Å². The summed E-state index contributed by atoms with van der Waals surface area (Å²) in [6, 6.07) is 7.33. The van der Waals surface area contributed by atoms with Gasteiger partial charge in [-0.1, -0.05) is 6.07 Å². The lowest BCUT2D eigenvalue weighted by molar-refractivity contribution is 0.0760. The molecule has 0 N–H and O–H groups in total. The van der Waals surface area contributed by atoms with Gasteiger partial charge in [-0.3, -0.25) is 9.59 Å². The first-order valence-corrected chi connectivity index (χ1v) is 9.93. The number of amides is 2. The predicted octanol–water partition coefficient (Wildman–Crippen LogP) is 2.87. The summed E-state index contributed by atoms with van der Waals surface area (Å²) in [5.41, 5.74) is 1.58. The van der Waals surface area contributed by atoms with E-state index in [1.807, 2.05) is 36.9 Å². The molecule has 0 atom stereocenters. The van der Waals surface area contributed by atoms with Gasteiger partial charge in [-0.15, -0.1) is 11.3 Å². The SMILES string of the molecule is CC(C)Oc1cccc(C(=O)N2CCc3nc(C(=O)N(C)C)sc3CC2)c1. The maximum Gasteiger partial charge on any atom is 0.282 e. The Kier molecular flexibility index (Phi) is 5.79. The summed E-state index contributed by atoms with van der Waals surface area (Å²) in [7, 11) is 3.46. The first-order valence-electron chi connectivity index (χ1n) is 9.11. The lowest BCUT2D eigenvalue weighted by atomic mass is 10.2. The van der Waals surface area contributed by atoms with E-state index in [1.54, 1.807) is 25.1 Å². The Balaban J connectivity index is 1.70. The zero-order chi connectivity index (χ0) is 19.6. The summed E-state index contributed by atoms with van der Waals surface area (Å²) >= 11 is 1.44. The van der Waals surface area contributed by atoms with Crippen molar-refractivity contribution >= 4 is 23.2 Å². The number of carbonyl (C=O) groups is 2. The topological polar surface area (TPSA) is 62.7 Å². The van der Waals surface area contributed by atoms with Gasteiger partial charge < -0.3 is 14.5 Å². The highest BCUT2D eigenvalue weighted by molar-refractivity contribution is 7.13. The average molecular weight is 388 g/mol. The van der Waals surface area contributed by atoms with Crippen LogP contribution < -0.4 is 4.74 Å². The molecule has 3 rings (SSSR count). The molecule has 7 heteroatoms. The second kappa shape index (κ2) is 8.08. The molecule has 1 aliphatic rings. The smallest absolute Gasteiger partial charge is 0.282 e. The highest BCUT2D eigenvalue weighted by Gasteiger charge is 2.24. The lowest BCUT2D eigenvalue weighted by Gasteiger charge is -2.21. The maximum atomic E-state index is 12.9. The van der Waals surface area contributed by atoms with Gasteiger partial charge in [0.1, 0.15) is 5.75 Å². The lowest BCUT2D eigenvalue weighted by Crippen LogP contribution is -2.33. The third kappa shape index (κ3) is 4.47. The van der Waals surface area contributed by atoms with Gasteiger partial charge in [-0.25, -0.2) is 4.98 Å². The monoisotopic (exact) mass is 387 g/mol.